The standard InChI is InChI=1S/C22H15Cl2NO2S2/c23-16-10-15(11-17(24)12-16)19-7-6-18(27-19)13-20-21(26)25(22(28)29-20)9-8-14-4-2-1-3-5-14/h1-7,10-13H,8-9H2/b20-13-. The molecule has 1 aliphatic rings. The number of carbonyl (C=O) groups excluding carboxylic acids is 1. The van der Waals surface area contributed by atoms with Gasteiger partial charge in [-0.1, -0.05) is 77.5 Å². The summed E-state index contributed by atoms with van der Waals surface area (Å²) >= 11 is 18.8. The molecule has 0 unspecified atom stereocenters. The maximum atomic E-state index is 12.8. The molecule has 0 aliphatic carbocycles. The minimum absolute atomic E-state index is 0.0975. The van der Waals surface area contributed by atoms with Crippen molar-refractivity contribution >= 4 is 63.5 Å². The summed E-state index contributed by atoms with van der Waals surface area (Å²) in [6, 6.07) is 18.9. The van der Waals surface area contributed by atoms with Gasteiger partial charge in [0.2, 0.25) is 0 Å². The van der Waals surface area contributed by atoms with Crippen molar-refractivity contribution in [2.45, 2.75) is 6.42 Å². The molecule has 0 radical (unpaired) electrons. The van der Waals surface area contributed by atoms with E-state index in [1.807, 2.05) is 36.4 Å². The van der Waals surface area contributed by atoms with E-state index in [2.05, 4.69) is 0 Å². The van der Waals surface area contributed by atoms with Gasteiger partial charge in [-0.25, -0.2) is 0 Å². The normalized spacial score (nSPS) is 15.5. The van der Waals surface area contributed by atoms with Gasteiger partial charge in [-0.2, -0.15) is 0 Å². The molecule has 1 aliphatic heterocycles. The zero-order valence-corrected chi connectivity index (χ0v) is 18.2. The second-order valence-corrected chi connectivity index (χ2v) is 8.98. The van der Waals surface area contributed by atoms with Crippen LogP contribution in [0.4, 0.5) is 0 Å². The van der Waals surface area contributed by atoms with Gasteiger partial charge in [0.05, 0.1) is 4.91 Å². The Morgan fingerprint density at radius 3 is 2.48 bits per heavy atom. The Bertz CT molecular complexity index is 1090. The molecular weight excluding hydrogens is 445 g/mol. The highest BCUT2D eigenvalue weighted by Gasteiger charge is 2.31. The highest BCUT2D eigenvalue weighted by molar-refractivity contribution is 8.26. The summed E-state index contributed by atoms with van der Waals surface area (Å²) in [5, 5.41) is 1.06. The summed E-state index contributed by atoms with van der Waals surface area (Å²) in [6.45, 7) is 0.552. The molecule has 1 fully saturated rings. The topological polar surface area (TPSA) is 33.5 Å². The zero-order valence-electron chi connectivity index (χ0n) is 15.1. The van der Waals surface area contributed by atoms with E-state index in [4.69, 9.17) is 39.8 Å². The van der Waals surface area contributed by atoms with Gasteiger partial charge < -0.3 is 4.42 Å². The quantitative estimate of drug-likeness (QED) is 0.314. The molecule has 0 bridgehead atoms. The van der Waals surface area contributed by atoms with E-state index in [9.17, 15) is 4.79 Å². The van der Waals surface area contributed by atoms with E-state index >= 15 is 0 Å². The van der Waals surface area contributed by atoms with Crippen molar-refractivity contribution in [1.29, 1.82) is 0 Å². The first kappa shape index (κ1) is 20.2. The van der Waals surface area contributed by atoms with Crippen LogP contribution in [0.2, 0.25) is 10.0 Å². The van der Waals surface area contributed by atoms with Crippen molar-refractivity contribution in [2.75, 3.05) is 6.54 Å². The van der Waals surface area contributed by atoms with Crippen LogP contribution < -0.4 is 0 Å². The Balaban J connectivity index is 1.49. The fourth-order valence-corrected chi connectivity index (χ4v) is 4.80. The average Bonchev–Trinajstić information content (AvgIpc) is 3.26. The lowest BCUT2D eigenvalue weighted by atomic mass is 10.1. The molecule has 3 nitrogen and oxygen atoms in total. The van der Waals surface area contributed by atoms with Crippen LogP contribution in [0.1, 0.15) is 11.3 Å². The van der Waals surface area contributed by atoms with Crippen LogP contribution in [0.15, 0.2) is 70.0 Å². The van der Waals surface area contributed by atoms with Crippen LogP contribution in [0.25, 0.3) is 17.4 Å². The maximum Gasteiger partial charge on any atom is 0.266 e. The van der Waals surface area contributed by atoms with Crippen molar-refractivity contribution in [1.82, 2.24) is 4.90 Å². The molecule has 7 heteroatoms. The predicted molar refractivity (Wildman–Crippen MR) is 124 cm³/mol. The number of carbonyl (C=O) groups is 1. The molecule has 0 N–H and O–H groups in total. The van der Waals surface area contributed by atoms with Crippen LogP contribution >= 0.6 is 47.2 Å². The number of rotatable bonds is 5. The summed E-state index contributed by atoms with van der Waals surface area (Å²) < 4.78 is 6.43. The van der Waals surface area contributed by atoms with Gasteiger partial charge in [0.15, 0.2) is 0 Å². The van der Waals surface area contributed by atoms with Crippen LogP contribution in [0.5, 0.6) is 0 Å². The van der Waals surface area contributed by atoms with Crippen LogP contribution in [0.3, 0.4) is 0 Å². The molecule has 29 heavy (non-hydrogen) atoms. The first-order chi connectivity index (χ1) is 14.0. The highest BCUT2D eigenvalue weighted by atomic mass is 35.5. The summed E-state index contributed by atoms with van der Waals surface area (Å²) in [5.41, 5.74) is 1.94. The molecule has 146 valence electrons. The van der Waals surface area contributed by atoms with Gasteiger partial charge in [-0.05, 0) is 42.3 Å². The predicted octanol–water partition coefficient (Wildman–Crippen LogP) is 6.70. The largest absolute Gasteiger partial charge is 0.457 e. The van der Waals surface area contributed by atoms with Crippen molar-refractivity contribution in [3.05, 3.63) is 86.9 Å². The first-order valence-electron chi connectivity index (χ1n) is 8.85. The Labute approximate surface area is 188 Å². The minimum Gasteiger partial charge on any atom is -0.457 e. The molecule has 3 aromatic rings. The van der Waals surface area contributed by atoms with E-state index < -0.39 is 0 Å². The molecule has 2 aromatic carbocycles. The third-order valence-corrected chi connectivity index (χ3v) is 6.20. The van der Waals surface area contributed by atoms with Crippen LogP contribution in [0, 0.1) is 0 Å². The number of thioether (sulfide) groups is 1. The van der Waals surface area contributed by atoms with Gasteiger partial charge in [-0.15, -0.1) is 0 Å². The lowest BCUT2D eigenvalue weighted by molar-refractivity contribution is -0.122. The van der Waals surface area contributed by atoms with Gasteiger partial charge in [0, 0.05) is 28.2 Å². The number of halogens is 2. The van der Waals surface area contributed by atoms with E-state index in [0.29, 0.717) is 37.3 Å². The van der Waals surface area contributed by atoms with Gasteiger partial charge in [0.25, 0.3) is 5.91 Å². The fourth-order valence-electron chi connectivity index (χ4n) is 2.99. The third kappa shape index (κ3) is 4.75. The number of hydrogen-bond donors (Lipinski definition) is 0. The second-order valence-electron chi connectivity index (χ2n) is 6.43. The zero-order chi connectivity index (χ0) is 20.4. The Morgan fingerprint density at radius 1 is 1.03 bits per heavy atom. The van der Waals surface area contributed by atoms with Crippen LogP contribution in [-0.4, -0.2) is 21.7 Å². The van der Waals surface area contributed by atoms with Gasteiger partial charge in [0.1, 0.15) is 15.8 Å². The number of hydrogen-bond acceptors (Lipinski definition) is 4. The van der Waals surface area contributed by atoms with Gasteiger partial charge >= 0.3 is 0 Å². The molecule has 0 saturated carbocycles. The van der Waals surface area contributed by atoms with E-state index in [1.54, 1.807) is 35.2 Å². The molecule has 0 atom stereocenters. The molecule has 1 amide bonds. The molecular formula is C22H15Cl2NO2S2. The molecule has 1 aromatic heterocycles. The first-order valence-corrected chi connectivity index (χ1v) is 10.8. The minimum atomic E-state index is -0.0975. The van der Waals surface area contributed by atoms with Gasteiger partial charge in [-0.3, -0.25) is 9.69 Å². The number of thiocarbonyl (C=S) groups is 1. The number of nitrogens with zero attached hydrogens (tertiary/aromatic N) is 1. The summed E-state index contributed by atoms with van der Waals surface area (Å²) in [6.07, 6.45) is 2.47. The van der Waals surface area contributed by atoms with Crippen molar-refractivity contribution < 1.29 is 9.21 Å². The van der Waals surface area contributed by atoms with Crippen molar-refractivity contribution in [2.24, 2.45) is 0 Å². The SMILES string of the molecule is O=C1/C(=C/c2ccc(-c3cc(Cl)cc(Cl)c3)o2)SC(=S)N1CCc1ccccc1. The Kier molecular flexibility index (Phi) is 6.11. The van der Waals surface area contributed by atoms with E-state index in [1.165, 1.54) is 17.3 Å². The average molecular weight is 460 g/mol. The molecule has 2 heterocycles. The molecule has 1 saturated heterocycles. The van der Waals surface area contributed by atoms with Crippen molar-refractivity contribution in [3.8, 4) is 11.3 Å². The highest BCUT2D eigenvalue weighted by Crippen LogP contribution is 2.34. The lowest BCUT2D eigenvalue weighted by Crippen LogP contribution is -2.30. The lowest BCUT2D eigenvalue weighted by Gasteiger charge is -2.14. The Hall–Kier alpha value is -2.05. The summed E-state index contributed by atoms with van der Waals surface area (Å²) in [5.74, 6) is 1.10. The Morgan fingerprint density at radius 2 is 1.76 bits per heavy atom. The maximum absolute atomic E-state index is 12.8. The molecule has 0 spiro atoms. The summed E-state index contributed by atoms with van der Waals surface area (Å²) in [4.78, 5) is 15.0. The number of amides is 1. The molecule has 4 rings (SSSR count). The van der Waals surface area contributed by atoms with Crippen LogP contribution in [-0.2, 0) is 11.2 Å². The number of benzene rings is 2. The van der Waals surface area contributed by atoms with E-state index in [0.717, 1.165) is 12.0 Å². The summed E-state index contributed by atoms with van der Waals surface area (Å²) in [7, 11) is 0. The van der Waals surface area contributed by atoms with Crippen molar-refractivity contribution in [3.63, 3.8) is 0 Å². The monoisotopic (exact) mass is 459 g/mol. The third-order valence-electron chi connectivity index (χ3n) is 4.39. The van der Waals surface area contributed by atoms with E-state index in [-0.39, 0.29) is 5.91 Å². The second kappa shape index (κ2) is 8.76. The number of furan rings is 1. The smallest absolute Gasteiger partial charge is 0.266 e. The fraction of sp³-hybridized carbons (Fsp3) is 0.0909.